The first kappa shape index (κ1) is 21.3. The molecule has 0 atom stereocenters. The lowest BCUT2D eigenvalue weighted by molar-refractivity contribution is -0.119. The highest BCUT2D eigenvalue weighted by Crippen LogP contribution is 2.43. The summed E-state index contributed by atoms with van der Waals surface area (Å²) in [5.41, 5.74) is 3.18. The number of benzene rings is 2. The average Bonchev–Trinajstić information content (AvgIpc) is 2.70. The molecule has 0 spiro atoms. The number of fused-ring (bicyclic) bond motifs is 3. The van der Waals surface area contributed by atoms with Crippen molar-refractivity contribution in [2.45, 2.75) is 38.0 Å². The highest BCUT2D eigenvalue weighted by atomic mass is 32.2. The number of carbonyl (C=O) groups excluding carboxylic acids is 1. The van der Waals surface area contributed by atoms with Crippen LogP contribution in [0.3, 0.4) is 0 Å². The fourth-order valence-corrected chi connectivity index (χ4v) is 5.06. The minimum Gasteiger partial charge on any atom is -0.382 e. The van der Waals surface area contributed by atoms with Crippen LogP contribution in [-0.4, -0.2) is 40.6 Å². The first-order valence-electron chi connectivity index (χ1n) is 9.96. The lowest BCUT2D eigenvalue weighted by atomic mass is 9.95. The number of sulfonamides is 1. The Morgan fingerprint density at radius 3 is 2.62 bits per heavy atom. The summed E-state index contributed by atoms with van der Waals surface area (Å²) < 4.78 is 33.0. The van der Waals surface area contributed by atoms with Gasteiger partial charge in [-0.05, 0) is 43.0 Å². The molecule has 1 aliphatic rings. The molecule has 29 heavy (non-hydrogen) atoms. The van der Waals surface area contributed by atoms with Crippen molar-refractivity contribution in [2.75, 3.05) is 30.6 Å². The van der Waals surface area contributed by atoms with Crippen molar-refractivity contribution >= 4 is 21.6 Å². The summed E-state index contributed by atoms with van der Waals surface area (Å²) in [5, 5.41) is 2.79. The van der Waals surface area contributed by atoms with Gasteiger partial charge in [-0.3, -0.25) is 9.10 Å². The Bertz CT molecular complexity index is 986. The first-order chi connectivity index (χ1) is 13.9. The monoisotopic (exact) mass is 416 g/mol. The molecule has 7 heteroatoms. The average molecular weight is 417 g/mol. The van der Waals surface area contributed by atoms with Crippen LogP contribution in [-0.2, 0) is 19.6 Å². The van der Waals surface area contributed by atoms with E-state index in [0.717, 1.165) is 11.1 Å². The summed E-state index contributed by atoms with van der Waals surface area (Å²) in [6.45, 7) is 7.50. The molecule has 2 aromatic rings. The number of hydrogen-bond donors (Lipinski definition) is 1. The van der Waals surface area contributed by atoms with Crippen LogP contribution in [0.15, 0.2) is 47.4 Å². The van der Waals surface area contributed by atoms with E-state index in [1.54, 1.807) is 18.2 Å². The molecule has 0 aliphatic carbocycles. The van der Waals surface area contributed by atoms with Crippen LogP contribution in [0.2, 0.25) is 0 Å². The van der Waals surface area contributed by atoms with Crippen LogP contribution in [0.4, 0.5) is 5.69 Å². The van der Waals surface area contributed by atoms with E-state index in [2.05, 4.69) is 19.2 Å². The van der Waals surface area contributed by atoms with E-state index < -0.39 is 10.0 Å². The summed E-state index contributed by atoms with van der Waals surface area (Å²) in [4.78, 5) is 12.7. The third kappa shape index (κ3) is 4.46. The van der Waals surface area contributed by atoms with Crippen LogP contribution >= 0.6 is 0 Å². The molecule has 1 aliphatic heterocycles. The molecule has 1 heterocycles. The predicted octanol–water partition coefficient (Wildman–Crippen LogP) is 3.53. The normalized spacial score (nSPS) is 14.4. The van der Waals surface area contributed by atoms with Gasteiger partial charge in [0.2, 0.25) is 5.91 Å². The number of carbonyl (C=O) groups is 1. The van der Waals surface area contributed by atoms with Gasteiger partial charge in [-0.15, -0.1) is 0 Å². The maximum Gasteiger partial charge on any atom is 0.265 e. The molecule has 1 amide bonds. The molecular weight excluding hydrogens is 388 g/mol. The van der Waals surface area contributed by atoms with Gasteiger partial charge < -0.3 is 10.1 Å². The van der Waals surface area contributed by atoms with Crippen LogP contribution in [0.5, 0.6) is 0 Å². The molecule has 0 bridgehead atoms. The topological polar surface area (TPSA) is 75.7 Å². The number of hydrogen-bond acceptors (Lipinski definition) is 4. The van der Waals surface area contributed by atoms with Gasteiger partial charge in [-0.25, -0.2) is 8.42 Å². The largest absolute Gasteiger partial charge is 0.382 e. The molecule has 2 aromatic carbocycles. The second-order valence-electron chi connectivity index (χ2n) is 7.34. The Morgan fingerprint density at radius 1 is 1.14 bits per heavy atom. The molecule has 0 unspecified atom stereocenters. The van der Waals surface area contributed by atoms with Crippen molar-refractivity contribution in [2.24, 2.45) is 0 Å². The standard InChI is InChI=1S/C22H28N2O4S/c1-4-28-13-7-12-23-22(25)15-24-20-11-10-17(16(2)3)14-19(20)18-8-5-6-9-21(18)29(24,26)27/h5-6,8-11,14,16H,4,7,12-13,15H2,1-3H3,(H,23,25). The number of nitrogens with zero attached hydrogens (tertiary/aromatic N) is 1. The summed E-state index contributed by atoms with van der Waals surface area (Å²) in [6, 6.07) is 12.7. The maximum atomic E-state index is 13.3. The van der Waals surface area contributed by atoms with Crippen molar-refractivity contribution in [3.8, 4) is 11.1 Å². The molecule has 0 radical (unpaired) electrons. The quantitative estimate of drug-likeness (QED) is 0.668. The van der Waals surface area contributed by atoms with Gasteiger partial charge in [-0.2, -0.15) is 0 Å². The van der Waals surface area contributed by atoms with Gasteiger partial charge in [0.1, 0.15) is 6.54 Å². The van der Waals surface area contributed by atoms with E-state index in [4.69, 9.17) is 4.74 Å². The van der Waals surface area contributed by atoms with E-state index in [1.807, 2.05) is 31.2 Å². The van der Waals surface area contributed by atoms with E-state index in [9.17, 15) is 13.2 Å². The van der Waals surface area contributed by atoms with Crippen LogP contribution in [0, 0.1) is 0 Å². The molecule has 0 fully saturated rings. The second kappa shape index (κ2) is 8.97. The molecular formula is C22H28N2O4S. The van der Waals surface area contributed by atoms with Crippen molar-refractivity contribution in [3.63, 3.8) is 0 Å². The summed E-state index contributed by atoms with van der Waals surface area (Å²) >= 11 is 0. The van der Waals surface area contributed by atoms with E-state index in [-0.39, 0.29) is 17.3 Å². The molecule has 3 rings (SSSR count). The van der Waals surface area contributed by atoms with Crippen LogP contribution < -0.4 is 9.62 Å². The van der Waals surface area contributed by atoms with Gasteiger partial charge >= 0.3 is 0 Å². The number of amides is 1. The van der Waals surface area contributed by atoms with Crippen molar-refractivity contribution in [1.29, 1.82) is 0 Å². The van der Waals surface area contributed by atoms with Gasteiger partial charge in [0, 0.05) is 30.9 Å². The van der Waals surface area contributed by atoms with Crippen molar-refractivity contribution in [1.82, 2.24) is 5.32 Å². The van der Waals surface area contributed by atoms with Crippen LogP contribution in [0.25, 0.3) is 11.1 Å². The van der Waals surface area contributed by atoms with E-state index in [0.29, 0.717) is 43.3 Å². The Labute approximate surface area is 172 Å². The molecule has 156 valence electrons. The number of rotatable bonds is 8. The van der Waals surface area contributed by atoms with E-state index >= 15 is 0 Å². The Kier molecular flexibility index (Phi) is 6.59. The number of nitrogens with one attached hydrogen (secondary N) is 1. The Morgan fingerprint density at radius 2 is 1.90 bits per heavy atom. The Balaban J connectivity index is 1.91. The smallest absolute Gasteiger partial charge is 0.265 e. The van der Waals surface area contributed by atoms with Gasteiger partial charge in [0.05, 0.1) is 10.6 Å². The second-order valence-corrected chi connectivity index (χ2v) is 9.17. The third-order valence-corrected chi connectivity index (χ3v) is 6.80. The number of anilines is 1. The molecule has 0 saturated carbocycles. The third-order valence-electron chi connectivity index (χ3n) is 4.98. The molecule has 0 aromatic heterocycles. The summed E-state index contributed by atoms with van der Waals surface area (Å²) in [6.07, 6.45) is 0.684. The lowest BCUT2D eigenvalue weighted by Crippen LogP contribution is -2.42. The highest BCUT2D eigenvalue weighted by Gasteiger charge is 2.35. The first-order valence-corrected chi connectivity index (χ1v) is 11.4. The van der Waals surface area contributed by atoms with E-state index in [1.165, 1.54) is 4.31 Å². The maximum absolute atomic E-state index is 13.3. The predicted molar refractivity (Wildman–Crippen MR) is 115 cm³/mol. The molecule has 0 saturated heterocycles. The highest BCUT2D eigenvalue weighted by molar-refractivity contribution is 7.93. The fraction of sp³-hybridized carbons (Fsp3) is 0.409. The van der Waals surface area contributed by atoms with Crippen LogP contribution in [0.1, 0.15) is 38.7 Å². The van der Waals surface area contributed by atoms with Crippen molar-refractivity contribution in [3.05, 3.63) is 48.0 Å². The Hall–Kier alpha value is -2.38. The summed E-state index contributed by atoms with van der Waals surface area (Å²) in [7, 11) is -3.82. The molecule has 1 N–H and O–H groups in total. The minimum absolute atomic E-state index is 0.234. The lowest BCUT2D eigenvalue weighted by Gasteiger charge is -2.32. The van der Waals surface area contributed by atoms with Crippen molar-refractivity contribution < 1.29 is 17.9 Å². The zero-order valence-electron chi connectivity index (χ0n) is 17.1. The SMILES string of the molecule is CCOCCCNC(=O)CN1c2ccc(C(C)C)cc2-c2ccccc2S1(=O)=O. The van der Waals surface area contributed by atoms with Gasteiger partial charge in [0.25, 0.3) is 10.0 Å². The fourth-order valence-electron chi connectivity index (χ4n) is 3.41. The van der Waals surface area contributed by atoms with Gasteiger partial charge in [-0.1, -0.05) is 38.1 Å². The van der Waals surface area contributed by atoms with Gasteiger partial charge in [0.15, 0.2) is 0 Å². The molecule has 6 nitrogen and oxygen atoms in total. The zero-order valence-corrected chi connectivity index (χ0v) is 18.0. The number of ether oxygens (including phenoxy) is 1. The minimum atomic E-state index is -3.82. The summed E-state index contributed by atoms with van der Waals surface area (Å²) in [5.74, 6) is -0.0172. The zero-order chi connectivity index (χ0) is 21.0.